The highest BCUT2D eigenvalue weighted by atomic mass is 16.5. The number of benzene rings is 1. The van der Waals surface area contributed by atoms with Crippen LogP contribution in [-0.2, 0) is 4.74 Å². The number of aromatic nitrogens is 2. The highest BCUT2D eigenvalue weighted by Crippen LogP contribution is 2.27. The normalized spacial score (nSPS) is 22.4. The molecule has 1 unspecified atom stereocenters. The van der Waals surface area contributed by atoms with Crippen molar-refractivity contribution in [2.24, 2.45) is 5.73 Å². The number of fused-ring (bicyclic) bond motifs is 1. The van der Waals surface area contributed by atoms with Crippen molar-refractivity contribution < 1.29 is 23.8 Å². The van der Waals surface area contributed by atoms with E-state index in [1.807, 2.05) is 18.2 Å². The summed E-state index contributed by atoms with van der Waals surface area (Å²) in [7, 11) is 0. The fourth-order valence-corrected chi connectivity index (χ4v) is 4.55. The highest BCUT2D eigenvalue weighted by molar-refractivity contribution is 6.00. The van der Waals surface area contributed by atoms with Crippen LogP contribution in [0.2, 0.25) is 0 Å². The van der Waals surface area contributed by atoms with E-state index in [1.54, 1.807) is 35.1 Å². The first-order chi connectivity index (χ1) is 16.6. The molecule has 2 aromatic heterocycles. The van der Waals surface area contributed by atoms with Crippen molar-refractivity contribution in [3.8, 4) is 11.5 Å². The number of nitrogens with one attached hydrogen (secondary N) is 1. The molecule has 1 atom stereocenters. The molecule has 9 nitrogen and oxygen atoms in total. The Labute approximate surface area is 197 Å². The number of rotatable bonds is 7. The van der Waals surface area contributed by atoms with Crippen LogP contribution in [0.5, 0.6) is 11.5 Å². The van der Waals surface area contributed by atoms with Gasteiger partial charge < -0.3 is 25.3 Å². The van der Waals surface area contributed by atoms with Gasteiger partial charge in [-0.25, -0.2) is 4.52 Å². The lowest BCUT2D eigenvalue weighted by Gasteiger charge is -2.29. The van der Waals surface area contributed by atoms with Crippen LogP contribution >= 0.6 is 0 Å². The Morgan fingerprint density at radius 2 is 1.82 bits per heavy atom. The number of carbonyl (C=O) groups excluding carboxylic acids is 2. The minimum atomic E-state index is -0.504. The highest BCUT2D eigenvalue weighted by Gasteiger charge is 2.26. The zero-order chi connectivity index (χ0) is 23.5. The zero-order valence-corrected chi connectivity index (χ0v) is 18.8. The van der Waals surface area contributed by atoms with Crippen LogP contribution < -0.4 is 20.5 Å². The van der Waals surface area contributed by atoms with Crippen molar-refractivity contribution in [3.63, 3.8) is 0 Å². The Morgan fingerprint density at radius 1 is 1.00 bits per heavy atom. The molecule has 2 amide bonds. The molecule has 2 aliphatic rings. The second-order valence-corrected chi connectivity index (χ2v) is 8.78. The number of ether oxygens (including phenoxy) is 3. The third kappa shape index (κ3) is 4.84. The van der Waals surface area contributed by atoms with Gasteiger partial charge in [0.2, 0.25) is 0 Å². The van der Waals surface area contributed by atoms with Gasteiger partial charge in [-0.15, -0.1) is 0 Å². The summed E-state index contributed by atoms with van der Waals surface area (Å²) in [5, 5.41) is 7.47. The number of carbonyl (C=O) groups is 2. The fraction of sp³-hybridized carbons (Fsp3) is 0.400. The molecule has 34 heavy (non-hydrogen) atoms. The lowest BCUT2D eigenvalue weighted by molar-refractivity contribution is 0.0887. The molecule has 1 aromatic carbocycles. The van der Waals surface area contributed by atoms with Crippen molar-refractivity contribution in [3.05, 3.63) is 59.9 Å². The number of hydrogen-bond acceptors (Lipinski definition) is 6. The van der Waals surface area contributed by atoms with Crippen molar-refractivity contribution in [1.82, 2.24) is 14.9 Å². The smallest absolute Gasteiger partial charge is 0.255 e. The molecule has 5 rings (SSSR count). The van der Waals surface area contributed by atoms with Crippen molar-refractivity contribution in [2.75, 3.05) is 13.2 Å². The molecule has 3 N–H and O–H groups in total. The van der Waals surface area contributed by atoms with E-state index in [2.05, 4.69) is 10.4 Å². The third-order valence-corrected chi connectivity index (χ3v) is 6.38. The topological polar surface area (TPSA) is 117 Å². The standard InChI is InChI=1S/C25H28N4O5/c26-24(30)20-3-1-2-4-23(20)34-17-7-5-16(6-8-17)28-25(31)21-13-27-29-14-18(9-10-22(21)29)33-19-11-12-32-15-19/h1-4,9-10,13-14,16-17,19H,5-8,11-12,15H2,(H2,26,30)(H,28,31). The summed E-state index contributed by atoms with van der Waals surface area (Å²) in [5.41, 5.74) is 7.09. The molecule has 2 fully saturated rings. The van der Waals surface area contributed by atoms with Crippen LogP contribution in [0.25, 0.3) is 5.52 Å². The average molecular weight is 465 g/mol. The monoisotopic (exact) mass is 464 g/mol. The van der Waals surface area contributed by atoms with Gasteiger partial charge in [0.15, 0.2) is 0 Å². The van der Waals surface area contributed by atoms with E-state index in [-0.39, 0.29) is 24.2 Å². The Morgan fingerprint density at radius 3 is 2.59 bits per heavy atom. The molecule has 9 heteroatoms. The minimum absolute atomic E-state index is 0.0191. The molecule has 1 saturated carbocycles. The van der Waals surface area contributed by atoms with Gasteiger partial charge in [-0.05, 0) is 49.9 Å². The molecule has 0 spiro atoms. The molecule has 0 radical (unpaired) electrons. The van der Waals surface area contributed by atoms with E-state index in [9.17, 15) is 9.59 Å². The molecule has 1 saturated heterocycles. The largest absolute Gasteiger partial charge is 0.490 e. The fourth-order valence-electron chi connectivity index (χ4n) is 4.55. The number of pyridine rings is 1. The van der Waals surface area contributed by atoms with E-state index in [0.29, 0.717) is 35.8 Å². The Kier molecular flexibility index (Phi) is 6.35. The first-order valence-corrected chi connectivity index (χ1v) is 11.6. The Bertz CT molecular complexity index is 1180. The van der Waals surface area contributed by atoms with Crippen molar-refractivity contribution in [2.45, 2.75) is 50.4 Å². The van der Waals surface area contributed by atoms with Gasteiger partial charge in [0.1, 0.15) is 17.6 Å². The summed E-state index contributed by atoms with van der Waals surface area (Å²) in [4.78, 5) is 24.6. The van der Waals surface area contributed by atoms with E-state index >= 15 is 0 Å². The van der Waals surface area contributed by atoms with Crippen LogP contribution in [0.4, 0.5) is 0 Å². The van der Waals surface area contributed by atoms with Crippen LogP contribution in [0.15, 0.2) is 48.8 Å². The molecule has 178 valence electrons. The second-order valence-electron chi connectivity index (χ2n) is 8.78. The van der Waals surface area contributed by atoms with Gasteiger partial charge in [-0.2, -0.15) is 5.10 Å². The van der Waals surface area contributed by atoms with Gasteiger partial charge in [0.25, 0.3) is 11.8 Å². The minimum Gasteiger partial charge on any atom is -0.490 e. The summed E-state index contributed by atoms with van der Waals surface area (Å²) < 4.78 is 19.0. The van der Waals surface area contributed by atoms with Gasteiger partial charge in [0.05, 0.1) is 48.4 Å². The van der Waals surface area contributed by atoms with Gasteiger partial charge >= 0.3 is 0 Å². The molecule has 0 bridgehead atoms. The van der Waals surface area contributed by atoms with E-state index in [4.69, 9.17) is 19.9 Å². The molecule has 1 aliphatic heterocycles. The lowest BCUT2D eigenvalue weighted by atomic mass is 9.92. The number of primary amides is 1. The summed E-state index contributed by atoms with van der Waals surface area (Å²) >= 11 is 0. The number of amides is 2. The Hall–Kier alpha value is -3.59. The Balaban J connectivity index is 1.17. The number of para-hydroxylation sites is 1. The maximum Gasteiger partial charge on any atom is 0.255 e. The predicted octanol–water partition coefficient (Wildman–Crippen LogP) is 2.72. The molecule has 3 aromatic rings. The maximum atomic E-state index is 12.9. The summed E-state index contributed by atoms with van der Waals surface area (Å²) in [6, 6.07) is 10.8. The second kappa shape index (κ2) is 9.72. The van der Waals surface area contributed by atoms with Crippen molar-refractivity contribution in [1.29, 1.82) is 0 Å². The lowest BCUT2D eigenvalue weighted by Crippen LogP contribution is -2.39. The maximum absolute atomic E-state index is 12.9. The first kappa shape index (κ1) is 22.2. The predicted molar refractivity (Wildman–Crippen MR) is 124 cm³/mol. The number of nitrogens with two attached hydrogens (primary N) is 1. The van der Waals surface area contributed by atoms with Crippen LogP contribution in [0.3, 0.4) is 0 Å². The van der Waals surface area contributed by atoms with Gasteiger partial charge in [-0.3, -0.25) is 9.59 Å². The molecular weight excluding hydrogens is 436 g/mol. The van der Waals surface area contributed by atoms with E-state index < -0.39 is 5.91 Å². The van der Waals surface area contributed by atoms with E-state index in [0.717, 1.165) is 37.6 Å². The van der Waals surface area contributed by atoms with Crippen LogP contribution in [0.1, 0.15) is 52.8 Å². The first-order valence-electron chi connectivity index (χ1n) is 11.6. The van der Waals surface area contributed by atoms with Crippen molar-refractivity contribution >= 4 is 17.3 Å². The quantitative estimate of drug-likeness (QED) is 0.555. The zero-order valence-electron chi connectivity index (χ0n) is 18.8. The van der Waals surface area contributed by atoms with Crippen LogP contribution in [-0.4, -0.2) is 52.9 Å². The van der Waals surface area contributed by atoms with Gasteiger partial charge in [0, 0.05) is 12.5 Å². The SMILES string of the molecule is NC(=O)c1ccccc1OC1CCC(NC(=O)c2cnn3cc(OC4CCOC4)ccc23)CC1. The summed E-state index contributed by atoms with van der Waals surface area (Å²) in [5.74, 6) is 0.569. The van der Waals surface area contributed by atoms with E-state index in [1.165, 1.54) is 0 Å². The number of hydrogen-bond donors (Lipinski definition) is 2. The van der Waals surface area contributed by atoms with Gasteiger partial charge in [-0.1, -0.05) is 12.1 Å². The third-order valence-electron chi connectivity index (χ3n) is 6.38. The average Bonchev–Trinajstić information content (AvgIpc) is 3.50. The number of nitrogens with zero attached hydrogens (tertiary/aromatic N) is 2. The summed E-state index contributed by atoms with van der Waals surface area (Å²) in [6.07, 6.45) is 7.41. The molecular formula is C25H28N4O5. The molecule has 3 heterocycles. The molecule has 1 aliphatic carbocycles. The summed E-state index contributed by atoms with van der Waals surface area (Å²) in [6.45, 7) is 1.31. The van der Waals surface area contributed by atoms with Crippen LogP contribution in [0, 0.1) is 0 Å².